The van der Waals surface area contributed by atoms with E-state index in [-0.39, 0.29) is 17.9 Å². The molecule has 1 saturated heterocycles. The Kier molecular flexibility index (Phi) is 6.86. The maximum Gasteiger partial charge on any atom is 0.311 e. The van der Waals surface area contributed by atoms with E-state index in [9.17, 15) is 14.8 Å². The fraction of sp³-hybridized carbons (Fsp3) is 0.267. The molecule has 1 aliphatic rings. The van der Waals surface area contributed by atoms with Crippen molar-refractivity contribution >= 4 is 22.6 Å². The zero-order valence-electron chi connectivity index (χ0n) is 21.0. The number of aryl methyl sites for hydroxylation is 1. The quantitative estimate of drug-likeness (QED) is 0.224. The minimum Gasteiger partial charge on any atom is -0.619 e. The molecule has 2 atom stereocenters. The minimum atomic E-state index is -0.465. The number of likely N-dealkylation sites (tertiary alicyclic amines) is 1. The molecule has 0 saturated carbocycles. The van der Waals surface area contributed by atoms with Crippen molar-refractivity contribution < 1.29 is 19.1 Å². The number of carbonyl (C=O) groups is 2. The maximum absolute atomic E-state index is 13.6. The molecule has 2 unspecified atom stereocenters. The van der Waals surface area contributed by atoms with Gasteiger partial charge in [0.25, 0.3) is 5.91 Å². The highest BCUT2D eigenvalue weighted by atomic mass is 16.5. The fourth-order valence-electron chi connectivity index (χ4n) is 5.31. The smallest absolute Gasteiger partial charge is 0.311 e. The van der Waals surface area contributed by atoms with Crippen LogP contribution in [-0.4, -0.2) is 41.5 Å². The number of hydrogen-bond acceptors (Lipinski definition) is 5. The van der Waals surface area contributed by atoms with Crippen LogP contribution in [0, 0.1) is 18.0 Å². The highest BCUT2D eigenvalue weighted by molar-refractivity contribution is 5.95. The molecular formula is C30H29N3O4. The molecule has 2 aromatic carbocycles. The first-order valence-electron chi connectivity index (χ1n) is 12.5. The van der Waals surface area contributed by atoms with Crippen LogP contribution in [0.25, 0.3) is 21.9 Å². The van der Waals surface area contributed by atoms with Gasteiger partial charge < -0.3 is 14.8 Å². The fourth-order valence-corrected chi connectivity index (χ4v) is 5.31. The van der Waals surface area contributed by atoms with E-state index in [0.29, 0.717) is 18.5 Å². The van der Waals surface area contributed by atoms with Gasteiger partial charge in [-0.15, -0.1) is 0 Å². The number of carbonyl (C=O) groups excluding carboxylic acids is 2. The van der Waals surface area contributed by atoms with Crippen LogP contribution < -0.4 is 4.73 Å². The number of rotatable bonds is 6. The van der Waals surface area contributed by atoms with Gasteiger partial charge in [-0.1, -0.05) is 24.3 Å². The summed E-state index contributed by atoms with van der Waals surface area (Å²) in [6, 6.07) is 18.8. The van der Waals surface area contributed by atoms with Gasteiger partial charge in [-0.3, -0.25) is 14.6 Å². The Labute approximate surface area is 215 Å². The van der Waals surface area contributed by atoms with Crippen molar-refractivity contribution in [2.24, 2.45) is 5.92 Å². The van der Waals surface area contributed by atoms with Crippen LogP contribution in [0.4, 0.5) is 0 Å². The highest BCUT2D eigenvalue weighted by Crippen LogP contribution is 2.31. The first kappa shape index (κ1) is 24.4. The van der Waals surface area contributed by atoms with E-state index in [1.54, 1.807) is 30.5 Å². The van der Waals surface area contributed by atoms with Crippen molar-refractivity contribution in [3.63, 3.8) is 0 Å². The molecule has 4 aromatic rings. The van der Waals surface area contributed by atoms with Crippen LogP contribution in [0.2, 0.25) is 0 Å². The summed E-state index contributed by atoms with van der Waals surface area (Å²) in [5, 5.41) is 13.5. The Balaban J connectivity index is 1.38. The summed E-state index contributed by atoms with van der Waals surface area (Å²) in [4.78, 5) is 32.7. The highest BCUT2D eigenvalue weighted by Gasteiger charge is 2.39. The number of aromatic nitrogens is 2. The van der Waals surface area contributed by atoms with Crippen LogP contribution >= 0.6 is 0 Å². The first-order valence-corrected chi connectivity index (χ1v) is 12.5. The molecule has 37 heavy (non-hydrogen) atoms. The molecule has 0 bridgehead atoms. The Hall–Kier alpha value is -4.26. The average molecular weight is 496 g/mol. The number of nitrogens with zero attached hydrogens (tertiary/aromatic N) is 3. The lowest BCUT2D eigenvalue weighted by Gasteiger charge is -2.30. The van der Waals surface area contributed by atoms with Crippen molar-refractivity contribution in [1.82, 2.24) is 9.88 Å². The minimum absolute atomic E-state index is 0.0908. The van der Waals surface area contributed by atoms with Gasteiger partial charge >= 0.3 is 5.97 Å². The standard InChI is InChI=1S/C30H29N3O4/c1-20-26-18-21(5-6-24(26)11-14-31-20)19-27(30(35)37-2)28-4-3-15-33(28)29(34)25-9-7-22(8-10-25)23-12-16-32(36)17-13-23/h5-14,16-18,27-28H,3-4,15,19H2,1-2H3. The molecule has 1 amide bonds. The van der Waals surface area contributed by atoms with E-state index in [1.807, 2.05) is 36.1 Å². The van der Waals surface area contributed by atoms with Gasteiger partial charge in [0.05, 0.1) is 13.0 Å². The predicted molar refractivity (Wildman–Crippen MR) is 141 cm³/mol. The molecule has 1 fully saturated rings. The Bertz CT molecular complexity index is 1430. The zero-order chi connectivity index (χ0) is 25.9. The summed E-state index contributed by atoms with van der Waals surface area (Å²) in [5.41, 5.74) is 4.35. The van der Waals surface area contributed by atoms with Crippen LogP contribution in [0.5, 0.6) is 0 Å². The van der Waals surface area contributed by atoms with Crippen molar-refractivity contribution in [2.45, 2.75) is 32.2 Å². The Morgan fingerprint density at radius 1 is 1.08 bits per heavy atom. The van der Waals surface area contributed by atoms with Crippen LogP contribution in [0.1, 0.15) is 34.5 Å². The lowest BCUT2D eigenvalue weighted by atomic mass is 9.89. The van der Waals surface area contributed by atoms with Crippen molar-refractivity contribution in [2.75, 3.05) is 13.7 Å². The number of methoxy groups -OCH3 is 1. The number of esters is 1. The van der Waals surface area contributed by atoms with E-state index < -0.39 is 5.92 Å². The molecule has 0 N–H and O–H groups in total. The van der Waals surface area contributed by atoms with Crippen LogP contribution in [0.15, 0.2) is 79.3 Å². The molecule has 0 spiro atoms. The normalized spacial score (nSPS) is 16.1. The van der Waals surface area contributed by atoms with Crippen LogP contribution in [-0.2, 0) is 16.0 Å². The second kappa shape index (κ2) is 10.4. The van der Waals surface area contributed by atoms with Crippen molar-refractivity contribution in [3.05, 3.63) is 101 Å². The summed E-state index contributed by atoms with van der Waals surface area (Å²) >= 11 is 0. The zero-order valence-corrected chi connectivity index (χ0v) is 21.0. The summed E-state index contributed by atoms with van der Waals surface area (Å²) in [6.45, 7) is 2.58. The third-order valence-electron chi connectivity index (χ3n) is 7.28. The van der Waals surface area contributed by atoms with Crippen molar-refractivity contribution in [1.29, 1.82) is 0 Å². The molecule has 0 aliphatic carbocycles. The predicted octanol–water partition coefficient (Wildman–Crippen LogP) is 4.48. The molecule has 5 rings (SSSR count). The van der Waals surface area contributed by atoms with E-state index >= 15 is 0 Å². The second-order valence-electron chi connectivity index (χ2n) is 9.52. The molecule has 7 heteroatoms. The number of fused-ring (bicyclic) bond motifs is 1. The molecule has 2 aromatic heterocycles. The topological polar surface area (TPSA) is 86.4 Å². The first-order chi connectivity index (χ1) is 17.9. The second-order valence-corrected chi connectivity index (χ2v) is 9.52. The number of amides is 1. The lowest BCUT2D eigenvalue weighted by molar-refractivity contribution is -0.605. The van der Waals surface area contributed by atoms with Gasteiger partial charge in [0.1, 0.15) is 0 Å². The Morgan fingerprint density at radius 2 is 1.81 bits per heavy atom. The van der Waals surface area contributed by atoms with Gasteiger partial charge in [0, 0.05) is 47.6 Å². The molecule has 3 heterocycles. The van der Waals surface area contributed by atoms with E-state index in [2.05, 4.69) is 17.1 Å². The number of ether oxygens (including phenoxy) is 1. The molecule has 7 nitrogen and oxygen atoms in total. The number of benzene rings is 2. The third kappa shape index (κ3) is 5.03. The number of pyridine rings is 2. The Morgan fingerprint density at radius 3 is 2.54 bits per heavy atom. The SMILES string of the molecule is COC(=O)C(Cc1ccc2ccnc(C)c2c1)C1CCCN1C(=O)c1ccc(-c2cc[n+]([O-])cc2)cc1. The summed E-state index contributed by atoms with van der Waals surface area (Å²) < 4.78 is 5.94. The van der Waals surface area contributed by atoms with Gasteiger partial charge in [-0.25, -0.2) is 0 Å². The summed E-state index contributed by atoms with van der Waals surface area (Å²) in [5.74, 6) is -0.858. The maximum atomic E-state index is 13.6. The summed E-state index contributed by atoms with van der Waals surface area (Å²) in [7, 11) is 1.40. The number of hydrogen-bond donors (Lipinski definition) is 0. The van der Waals surface area contributed by atoms with E-state index in [1.165, 1.54) is 19.5 Å². The average Bonchev–Trinajstić information content (AvgIpc) is 3.41. The monoisotopic (exact) mass is 495 g/mol. The molecular weight excluding hydrogens is 466 g/mol. The van der Waals surface area contributed by atoms with E-state index in [4.69, 9.17) is 4.74 Å². The van der Waals surface area contributed by atoms with Crippen LogP contribution in [0.3, 0.4) is 0 Å². The lowest BCUT2D eigenvalue weighted by Crippen LogP contribution is -2.44. The van der Waals surface area contributed by atoms with Gasteiger partial charge in [-0.05, 0) is 72.5 Å². The largest absolute Gasteiger partial charge is 0.619 e. The van der Waals surface area contributed by atoms with Gasteiger partial charge in [0.15, 0.2) is 12.4 Å². The summed E-state index contributed by atoms with van der Waals surface area (Å²) in [6.07, 6.45) is 6.76. The van der Waals surface area contributed by atoms with Gasteiger partial charge in [-0.2, -0.15) is 4.73 Å². The van der Waals surface area contributed by atoms with Crippen molar-refractivity contribution in [3.8, 4) is 11.1 Å². The third-order valence-corrected chi connectivity index (χ3v) is 7.28. The molecule has 188 valence electrons. The van der Waals surface area contributed by atoms with Gasteiger partial charge in [0.2, 0.25) is 0 Å². The molecule has 0 radical (unpaired) electrons. The molecule has 1 aliphatic heterocycles. The van der Waals surface area contributed by atoms with E-state index in [0.717, 1.165) is 50.7 Å².